The zero-order chi connectivity index (χ0) is 23.3. The molecule has 0 unspecified atom stereocenters. The normalized spacial score (nSPS) is 12.3. The Morgan fingerprint density at radius 2 is 1.35 bits per heavy atom. The van der Waals surface area contributed by atoms with Gasteiger partial charge in [-0.15, -0.1) is 0 Å². The summed E-state index contributed by atoms with van der Waals surface area (Å²) >= 11 is 0. The van der Waals surface area contributed by atoms with Crippen molar-refractivity contribution in [2.75, 3.05) is 11.9 Å². The van der Waals surface area contributed by atoms with Gasteiger partial charge in [-0.3, -0.25) is 0 Å². The summed E-state index contributed by atoms with van der Waals surface area (Å²) in [5.74, 6) is -0.253. The molecule has 0 aliphatic heterocycles. The second-order valence-electron chi connectivity index (χ2n) is 11.0. The monoisotopic (exact) mass is 447 g/mol. The number of nitrogens with one attached hydrogen (secondary N) is 1. The van der Waals surface area contributed by atoms with Gasteiger partial charge in [0.15, 0.2) is 0 Å². The molecule has 4 heteroatoms. The van der Waals surface area contributed by atoms with E-state index in [0.717, 1.165) is 12.2 Å². The highest BCUT2D eigenvalue weighted by atomic mass is 28.3. The summed E-state index contributed by atoms with van der Waals surface area (Å²) < 4.78 is 5.22. The quantitative estimate of drug-likeness (QED) is 0.166. The topological polar surface area (TPSA) is 38.3 Å². The van der Waals surface area contributed by atoms with E-state index in [4.69, 9.17) is 4.74 Å². The SMILES string of the molecule is CC(C)OC(=O)c1ccc(NCCCCCCCCCCC[Si](C)(C)C(C)(C)C)cc1. The molecule has 1 aromatic rings. The summed E-state index contributed by atoms with van der Waals surface area (Å²) in [5.41, 5.74) is 1.68. The Hall–Kier alpha value is -1.29. The van der Waals surface area contributed by atoms with Crippen LogP contribution in [0.5, 0.6) is 0 Å². The van der Waals surface area contributed by atoms with Crippen molar-refractivity contribution in [3.8, 4) is 0 Å². The van der Waals surface area contributed by atoms with Gasteiger partial charge in [-0.2, -0.15) is 0 Å². The predicted molar refractivity (Wildman–Crippen MR) is 139 cm³/mol. The Labute approximate surface area is 193 Å². The first-order valence-corrected chi connectivity index (χ1v) is 15.8. The zero-order valence-electron chi connectivity index (χ0n) is 21.5. The van der Waals surface area contributed by atoms with Crippen molar-refractivity contribution in [1.82, 2.24) is 0 Å². The van der Waals surface area contributed by atoms with Crippen molar-refractivity contribution in [2.24, 2.45) is 0 Å². The maximum atomic E-state index is 11.9. The van der Waals surface area contributed by atoms with Gasteiger partial charge in [0.2, 0.25) is 0 Å². The molecule has 1 N–H and O–H groups in total. The summed E-state index contributed by atoms with van der Waals surface area (Å²) in [5, 5.41) is 3.99. The molecule has 0 saturated heterocycles. The van der Waals surface area contributed by atoms with Crippen LogP contribution in [0.1, 0.15) is 103 Å². The number of benzene rings is 1. The fourth-order valence-corrected chi connectivity index (χ4v) is 5.43. The third kappa shape index (κ3) is 11.8. The number of unbranched alkanes of at least 4 members (excludes halogenated alkanes) is 8. The second kappa shape index (κ2) is 14.0. The number of carbonyl (C=O) groups excluding carboxylic acids is 1. The lowest BCUT2D eigenvalue weighted by atomic mass is 10.1. The van der Waals surface area contributed by atoms with Gasteiger partial charge in [-0.25, -0.2) is 4.79 Å². The summed E-state index contributed by atoms with van der Waals surface area (Å²) in [6.45, 7) is 17.1. The first-order chi connectivity index (χ1) is 14.5. The average Bonchev–Trinajstić information content (AvgIpc) is 2.67. The number of carbonyl (C=O) groups is 1. The Morgan fingerprint density at radius 1 is 0.871 bits per heavy atom. The van der Waals surface area contributed by atoms with Crippen molar-refractivity contribution in [3.05, 3.63) is 29.8 Å². The van der Waals surface area contributed by atoms with Crippen LogP contribution in [0.2, 0.25) is 24.2 Å². The van der Waals surface area contributed by atoms with Crippen molar-refractivity contribution in [2.45, 2.75) is 123 Å². The summed E-state index contributed by atoms with van der Waals surface area (Å²) in [4.78, 5) is 11.9. The third-order valence-corrected chi connectivity index (χ3v) is 12.5. The summed E-state index contributed by atoms with van der Waals surface area (Å²) in [6, 6.07) is 9.07. The van der Waals surface area contributed by atoms with Gasteiger partial charge in [0.25, 0.3) is 0 Å². The molecule has 1 rings (SSSR count). The highest BCUT2D eigenvalue weighted by molar-refractivity contribution is 6.80. The van der Waals surface area contributed by atoms with Gasteiger partial charge in [-0.1, -0.05) is 91.3 Å². The minimum absolute atomic E-state index is 0.0855. The van der Waals surface area contributed by atoms with Crippen LogP contribution in [0.4, 0.5) is 5.69 Å². The Bertz CT molecular complexity index is 617. The van der Waals surface area contributed by atoms with E-state index >= 15 is 0 Å². The van der Waals surface area contributed by atoms with Crippen LogP contribution in [0.15, 0.2) is 24.3 Å². The van der Waals surface area contributed by atoms with Gasteiger partial charge < -0.3 is 10.1 Å². The number of rotatable bonds is 15. The van der Waals surface area contributed by atoms with E-state index in [1.54, 1.807) is 0 Å². The van der Waals surface area contributed by atoms with Crippen molar-refractivity contribution in [1.29, 1.82) is 0 Å². The zero-order valence-corrected chi connectivity index (χ0v) is 22.5. The van der Waals surface area contributed by atoms with Crippen molar-refractivity contribution in [3.63, 3.8) is 0 Å². The summed E-state index contributed by atoms with van der Waals surface area (Å²) in [7, 11) is -1.06. The van der Waals surface area contributed by atoms with Crippen LogP contribution in [-0.4, -0.2) is 26.7 Å². The molecule has 3 nitrogen and oxygen atoms in total. The molecule has 1 aromatic carbocycles. The Morgan fingerprint density at radius 3 is 1.84 bits per heavy atom. The van der Waals surface area contributed by atoms with E-state index in [-0.39, 0.29) is 12.1 Å². The van der Waals surface area contributed by atoms with Crippen LogP contribution >= 0.6 is 0 Å². The molecular formula is C27H49NO2Si. The molecule has 0 atom stereocenters. The minimum Gasteiger partial charge on any atom is -0.459 e. The number of esters is 1. The number of hydrogen-bond donors (Lipinski definition) is 1. The maximum absolute atomic E-state index is 11.9. The van der Waals surface area contributed by atoms with Crippen LogP contribution in [0, 0.1) is 0 Å². The molecule has 178 valence electrons. The number of hydrogen-bond acceptors (Lipinski definition) is 3. The van der Waals surface area contributed by atoms with Crippen LogP contribution in [0.25, 0.3) is 0 Å². The van der Waals surface area contributed by atoms with Crippen LogP contribution < -0.4 is 5.32 Å². The maximum Gasteiger partial charge on any atom is 0.338 e. The van der Waals surface area contributed by atoms with Gasteiger partial charge in [-0.05, 0) is 49.6 Å². The molecule has 0 aliphatic rings. The van der Waals surface area contributed by atoms with Gasteiger partial charge in [0, 0.05) is 12.2 Å². The van der Waals surface area contributed by atoms with Crippen LogP contribution in [-0.2, 0) is 4.74 Å². The molecule has 0 radical (unpaired) electrons. The van der Waals surface area contributed by atoms with Gasteiger partial charge in [0.1, 0.15) is 0 Å². The predicted octanol–water partition coefficient (Wildman–Crippen LogP) is 8.68. The molecule has 0 fully saturated rings. The van der Waals surface area contributed by atoms with E-state index in [1.165, 1.54) is 63.8 Å². The van der Waals surface area contributed by atoms with Crippen molar-refractivity contribution >= 4 is 19.7 Å². The molecule has 0 heterocycles. The fraction of sp³-hybridized carbons (Fsp3) is 0.741. The van der Waals surface area contributed by atoms with Gasteiger partial charge in [0.05, 0.1) is 19.7 Å². The average molecular weight is 448 g/mol. The van der Waals surface area contributed by atoms with Crippen LogP contribution in [0.3, 0.4) is 0 Å². The van der Waals surface area contributed by atoms with E-state index in [9.17, 15) is 4.79 Å². The molecule has 0 saturated carbocycles. The lowest BCUT2D eigenvalue weighted by Gasteiger charge is -2.37. The first-order valence-electron chi connectivity index (χ1n) is 12.6. The highest BCUT2D eigenvalue weighted by Crippen LogP contribution is 2.39. The van der Waals surface area contributed by atoms with E-state index < -0.39 is 8.07 Å². The first kappa shape index (κ1) is 27.7. The molecule has 0 amide bonds. The van der Waals surface area contributed by atoms with E-state index in [2.05, 4.69) is 39.2 Å². The molecule has 31 heavy (non-hydrogen) atoms. The molecule has 0 aliphatic carbocycles. The third-order valence-electron chi connectivity index (χ3n) is 6.80. The van der Waals surface area contributed by atoms with Crippen molar-refractivity contribution < 1.29 is 9.53 Å². The van der Waals surface area contributed by atoms with E-state index in [0.29, 0.717) is 10.6 Å². The molecular weight excluding hydrogens is 398 g/mol. The smallest absolute Gasteiger partial charge is 0.338 e. The highest BCUT2D eigenvalue weighted by Gasteiger charge is 2.33. The minimum atomic E-state index is -1.06. The Kier molecular flexibility index (Phi) is 12.5. The van der Waals surface area contributed by atoms with E-state index in [1.807, 2.05) is 38.1 Å². The number of anilines is 1. The lowest BCUT2D eigenvalue weighted by Crippen LogP contribution is -2.36. The number of ether oxygens (including phenoxy) is 1. The largest absolute Gasteiger partial charge is 0.459 e. The fourth-order valence-electron chi connectivity index (χ4n) is 3.54. The van der Waals surface area contributed by atoms with Gasteiger partial charge >= 0.3 is 5.97 Å². The lowest BCUT2D eigenvalue weighted by molar-refractivity contribution is 0.0378. The molecule has 0 bridgehead atoms. The summed E-state index contributed by atoms with van der Waals surface area (Å²) in [6.07, 6.45) is 12.2. The standard InChI is InChI=1S/C27H49NO2Si/c1-23(2)30-26(29)24-17-19-25(20-18-24)28-21-15-13-11-9-8-10-12-14-16-22-31(6,7)27(3,4)5/h17-20,23,28H,8-16,21-22H2,1-7H3. The molecule has 0 aromatic heterocycles. The molecule has 0 spiro atoms. The Balaban J connectivity index is 2.00. The second-order valence-corrected chi connectivity index (χ2v) is 16.8.